The number of halogens is 1. The molecule has 2 aromatic rings. The fourth-order valence-corrected chi connectivity index (χ4v) is 2.93. The van der Waals surface area contributed by atoms with Crippen LogP contribution in [0.5, 0.6) is 5.88 Å². The van der Waals surface area contributed by atoms with Crippen LogP contribution >= 0.6 is 11.6 Å². The Hall–Kier alpha value is -2.19. The molecule has 8 nitrogen and oxygen atoms in total. The van der Waals surface area contributed by atoms with E-state index in [0.29, 0.717) is 24.4 Å². The van der Waals surface area contributed by atoms with Gasteiger partial charge < -0.3 is 14.4 Å². The van der Waals surface area contributed by atoms with Gasteiger partial charge in [-0.25, -0.2) is 9.97 Å². The van der Waals surface area contributed by atoms with E-state index < -0.39 is 0 Å². The Morgan fingerprint density at radius 2 is 2.26 bits per heavy atom. The van der Waals surface area contributed by atoms with Crippen molar-refractivity contribution in [2.45, 2.75) is 18.6 Å². The third-order valence-corrected chi connectivity index (χ3v) is 4.12. The van der Waals surface area contributed by atoms with Crippen LogP contribution in [-0.4, -0.2) is 57.8 Å². The highest BCUT2D eigenvalue weighted by atomic mass is 35.5. The number of nitrogens with zero attached hydrogens (tertiary/aromatic N) is 4. The summed E-state index contributed by atoms with van der Waals surface area (Å²) in [5.74, 6) is 0.722. The Bertz CT molecular complexity index is 694. The number of hydrogen-bond donors (Lipinski definition) is 1. The van der Waals surface area contributed by atoms with Gasteiger partial charge in [-0.05, 0) is 6.07 Å². The number of aromatic nitrogens is 4. The molecule has 1 aliphatic rings. The zero-order valence-corrected chi connectivity index (χ0v) is 13.4. The molecule has 0 unspecified atom stereocenters. The molecule has 0 radical (unpaired) electrons. The largest absolute Gasteiger partial charge is 0.480 e. The highest BCUT2D eigenvalue weighted by Gasteiger charge is 2.38. The molecular formula is C14H16ClN5O3. The summed E-state index contributed by atoms with van der Waals surface area (Å²) >= 11 is 6.06. The second-order valence-corrected chi connectivity index (χ2v) is 5.56. The number of carbonyl (C=O) groups is 1. The van der Waals surface area contributed by atoms with Gasteiger partial charge in [0.2, 0.25) is 5.88 Å². The summed E-state index contributed by atoms with van der Waals surface area (Å²) in [5.41, 5.74) is 0.386. The van der Waals surface area contributed by atoms with Crippen molar-refractivity contribution in [2.24, 2.45) is 0 Å². The molecule has 0 bridgehead atoms. The predicted molar refractivity (Wildman–Crippen MR) is 81.4 cm³/mol. The third-order valence-electron chi connectivity index (χ3n) is 3.85. The first-order valence-electron chi connectivity index (χ1n) is 7.02. The van der Waals surface area contributed by atoms with Crippen LogP contribution in [0.25, 0.3) is 0 Å². The van der Waals surface area contributed by atoms with E-state index in [0.717, 1.165) is 0 Å². The van der Waals surface area contributed by atoms with Gasteiger partial charge in [0.25, 0.3) is 5.91 Å². The predicted octanol–water partition coefficient (Wildman–Crippen LogP) is 1.46. The molecule has 2 aromatic heterocycles. The molecule has 9 heteroatoms. The Morgan fingerprint density at radius 3 is 2.87 bits per heavy atom. The summed E-state index contributed by atoms with van der Waals surface area (Å²) in [6, 6.07) is 1.32. The van der Waals surface area contributed by atoms with Crippen molar-refractivity contribution in [2.75, 3.05) is 20.8 Å². The molecule has 0 aliphatic carbocycles. The normalized spacial score (nSPS) is 20.7. The molecule has 2 atom stereocenters. The van der Waals surface area contributed by atoms with E-state index in [-0.39, 0.29) is 29.0 Å². The zero-order chi connectivity index (χ0) is 16.4. The summed E-state index contributed by atoms with van der Waals surface area (Å²) in [4.78, 5) is 22.7. The second kappa shape index (κ2) is 6.51. The summed E-state index contributed by atoms with van der Waals surface area (Å²) in [6.07, 6.45) is 3.46. The molecule has 1 fully saturated rings. The molecule has 122 valence electrons. The Kier molecular flexibility index (Phi) is 4.44. The molecular weight excluding hydrogens is 322 g/mol. The van der Waals surface area contributed by atoms with Gasteiger partial charge in [0.05, 0.1) is 24.8 Å². The smallest absolute Gasteiger partial charge is 0.256 e. The lowest BCUT2D eigenvalue weighted by molar-refractivity contribution is 0.0684. The van der Waals surface area contributed by atoms with Gasteiger partial charge in [0, 0.05) is 26.3 Å². The topological polar surface area (TPSA) is 93.2 Å². The maximum absolute atomic E-state index is 12.8. The minimum Gasteiger partial charge on any atom is -0.480 e. The maximum Gasteiger partial charge on any atom is 0.256 e. The minimum absolute atomic E-state index is 0.0595. The van der Waals surface area contributed by atoms with Gasteiger partial charge in [0.15, 0.2) is 0 Å². The number of carbonyl (C=O) groups excluding carboxylic acids is 1. The van der Waals surface area contributed by atoms with Crippen LogP contribution in [0, 0.1) is 0 Å². The summed E-state index contributed by atoms with van der Waals surface area (Å²) in [6.45, 7) is 0.463. The van der Waals surface area contributed by atoms with Crippen molar-refractivity contribution in [3.8, 4) is 5.88 Å². The average molecular weight is 338 g/mol. The number of rotatable bonds is 4. The fraction of sp³-hybridized carbons (Fsp3) is 0.429. The van der Waals surface area contributed by atoms with E-state index in [1.807, 2.05) is 0 Å². The standard InChI is InChI=1S/C14H16ClN5O3/c1-22-9-4-11(12-17-7-18-19-12)20(6-9)14(21)8-3-10(15)13(23-2)16-5-8/h3,5,7,9,11H,4,6H2,1-2H3,(H,17,18,19)/t9-,11+/m1/s1. The highest BCUT2D eigenvalue weighted by molar-refractivity contribution is 6.32. The first kappa shape index (κ1) is 15.7. The van der Waals surface area contributed by atoms with Crippen LogP contribution in [0.2, 0.25) is 5.02 Å². The van der Waals surface area contributed by atoms with E-state index in [1.165, 1.54) is 19.6 Å². The van der Waals surface area contributed by atoms with E-state index in [2.05, 4.69) is 20.2 Å². The van der Waals surface area contributed by atoms with E-state index in [1.54, 1.807) is 18.1 Å². The molecule has 0 saturated carbocycles. The second-order valence-electron chi connectivity index (χ2n) is 5.15. The summed E-state index contributed by atoms with van der Waals surface area (Å²) in [7, 11) is 3.10. The molecule has 3 rings (SSSR count). The van der Waals surface area contributed by atoms with Gasteiger partial charge in [-0.3, -0.25) is 9.89 Å². The van der Waals surface area contributed by atoms with Crippen molar-refractivity contribution < 1.29 is 14.3 Å². The van der Waals surface area contributed by atoms with Crippen molar-refractivity contribution in [3.63, 3.8) is 0 Å². The minimum atomic E-state index is -0.226. The van der Waals surface area contributed by atoms with Gasteiger partial charge >= 0.3 is 0 Å². The molecule has 0 spiro atoms. The van der Waals surface area contributed by atoms with Crippen molar-refractivity contribution in [1.29, 1.82) is 0 Å². The maximum atomic E-state index is 12.8. The van der Waals surface area contributed by atoms with Crippen LogP contribution in [0.3, 0.4) is 0 Å². The van der Waals surface area contributed by atoms with Crippen LogP contribution in [-0.2, 0) is 4.74 Å². The van der Waals surface area contributed by atoms with Crippen LogP contribution < -0.4 is 4.74 Å². The Balaban J connectivity index is 1.88. The summed E-state index contributed by atoms with van der Waals surface area (Å²) in [5, 5.41) is 6.96. The lowest BCUT2D eigenvalue weighted by Gasteiger charge is -2.22. The molecule has 3 heterocycles. The first-order valence-corrected chi connectivity index (χ1v) is 7.40. The van der Waals surface area contributed by atoms with Gasteiger partial charge in [-0.1, -0.05) is 11.6 Å². The first-order chi connectivity index (χ1) is 11.1. The van der Waals surface area contributed by atoms with E-state index in [4.69, 9.17) is 21.1 Å². The zero-order valence-electron chi connectivity index (χ0n) is 12.7. The molecule has 0 aromatic carbocycles. The molecule has 23 heavy (non-hydrogen) atoms. The number of likely N-dealkylation sites (tertiary alicyclic amines) is 1. The summed E-state index contributed by atoms with van der Waals surface area (Å²) < 4.78 is 10.4. The molecule has 1 amide bonds. The number of methoxy groups -OCH3 is 2. The van der Waals surface area contributed by atoms with Crippen LogP contribution in [0.1, 0.15) is 28.6 Å². The molecule has 1 N–H and O–H groups in total. The van der Waals surface area contributed by atoms with Crippen molar-refractivity contribution in [1.82, 2.24) is 25.1 Å². The Morgan fingerprint density at radius 1 is 1.43 bits per heavy atom. The lowest BCUT2D eigenvalue weighted by Crippen LogP contribution is -2.32. The molecule has 1 aliphatic heterocycles. The quantitative estimate of drug-likeness (QED) is 0.908. The SMILES string of the molecule is COc1ncc(C(=O)N2C[C@H](OC)C[C@H]2c2ncn[nH]2)cc1Cl. The van der Waals surface area contributed by atoms with Crippen LogP contribution in [0.4, 0.5) is 0 Å². The number of ether oxygens (including phenoxy) is 2. The lowest BCUT2D eigenvalue weighted by atomic mass is 10.1. The van der Waals surface area contributed by atoms with Gasteiger partial charge in [-0.2, -0.15) is 5.10 Å². The monoisotopic (exact) mass is 337 g/mol. The van der Waals surface area contributed by atoms with E-state index in [9.17, 15) is 4.79 Å². The number of H-pyrrole nitrogens is 1. The number of pyridine rings is 1. The Labute approximate surface area is 137 Å². The van der Waals surface area contributed by atoms with Gasteiger partial charge in [0.1, 0.15) is 17.2 Å². The molecule has 1 saturated heterocycles. The number of nitrogens with one attached hydrogen (secondary N) is 1. The van der Waals surface area contributed by atoms with E-state index >= 15 is 0 Å². The van der Waals surface area contributed by atoms with Crippen LogP contribution in [0.15, 0.2) is 18.6 Å². The van der Waals surface area contributed by atoms with Gasteiger partial charge in [-0.15, -0.1) is 0 Å². The fourth-order valence-electron chi connectivity index (χ4n) is 2.69. The highest BCUT2D eigenvalue weighted by Crippen LogP contribution is 2.33. The van der Waals surface area contributed by atoms with Crippen molar-refractivity contribution >= 4 is 17.5 Å². The third kappa shape index (κ3) is 2.99. The number of hydrogen-bond acceptors (Lipinski definition) is 6. The van der Waals surface area contributed by atoms with Crippen molar-refractivity contribution in [3.05, 3.63) is 35.0 Å². The average Bonchev–Trinajstić information content (AvgIpc) is 3.22. The number of aromatic amines is 1. The number of amides is 1.